The number of aliphatic imine (C=N–C) groups is 1. The van der Waals surface area contributed by atoms with Crippen LogP contribution in [-0.4, -0.2) is 55.6 Å². The number of rotatable bonds is 7. The first-order chi connectivity index (χ1) is 14.1. The van der Waals surface area contributed by atoms with Crippen molar-refractivity contribution in [3.63, 3.8) is 0 Å². The minimum atomic E-state index is 0.383. The maximum Gasteiger partial charge on any atom is 0.191 e. The monoisotopic (exact) mass is 398 g/mol. The van der Waals surface area contributed by atoms with Crippen LogP contribution in [0.5, 0.6) is 5.75 Å². The normalized spacial score (nSPS) is 18.4. The van der Waals surface area contributed by atoms with Crippen LogP contribution in [0.4, 0.5) is 5.69 Å². The summed E-state index contributed by atoms with van der Waals surface area (Å²) in [5.74, 6) is 2.25. The van der Waals surface area contributed by atoms with E-state index < -0.39 is 0 Å². The van der Waals surface area contributed by atoms with Crippen LogP contribution in [0.25, 0.3) is 0 Å². The summed E-state index contributed by atoms with van der Waals surface area (Å²) in [6.07, 6.45) is 7.38. The fraction of sp³-hybridized carbons (Fsp3) is 0.545. The van der Waals surface area contributed by atoms with Gasteiger partial charge in [0.1, 0.15) is 5.75 Å². The first kappa shape index (κ1) is 21.0. The Morgan fingerprint density at radius 1 is 1.34 bits per heavy atom. The molecule has 0 aliphatic carbocycles. The molecule has 158 valence electrons. The average molecular weight is 399 g/mol. The van der Waals surface area contributed by atoms with Crippen molar-refractivity contribution < 1.29 is 4.74 Å². The van der Waals surface area contributed by atoms with Crippen LogP contribution in [0.3, 0.4) is 0 Å². The third-order valence-electron chi connectivity index (χ3n) is 5.60. The maximum atomic E-state index is 5.24. The summed E-state index contributed by atoms with van der Waals surface area (Å²) in [6.45, 7) is 5.18. The number of hydrogen-bond acceptors (Lipinski definition) is 4. The lowest BCUT2D eigenvalue weighted by Gasteiger charge is -2.34. The Morgan fingerprint density at radius 3 is 2.79 bits per heavy atom. The molecule has 7 nitrogen and oxygen atoms in total. The van der Waals surface area contributed by atoms with Crippen LogP contribution >= 0.6 is 0 Å². The first-order valence-electron chi connectivity index (χ1n) is 10.4. The quantitative estimate of drug-likeness (QED) is 0.555. The Balaban J connectivity index is 1.45. The van der Waals surface area contributed by atoms with Crippen LogP contribution in [0.15, 0.2) is 41.7 Å². The van der Waals surface area contributed by atoms with E-state index in [2.05, 4.69) is 50.9 Å². The molecule has 1 fully saturated rings. The Bertz CT molecular complexity index is 785. The minimum absolute atomic E-state index is 0.383. The number of methoxy groups -OCH3 is 1. The molecule has 2 heterocycles. The number of aryl methyl sites for hydroxylation is 1. The van der Waals surface area contributed by atoms with Gasteiger partial charge in [-0.3, -0.25) is 9.67 Å². The lowest BCUT2D eigenvalue weighted by molar-refractivity contribution is 0.414. The number of piperidine rings is 1. The Labute approximate surface area is 174 Å². The maximum absolute atomic E-state index is 5.24. The number of nitrogens with zero attached hydrogens (tertiary/aromatic N) is 4. The van der Waals surface area contributed by atoms with Crippen molar-refractivity contribution in [2.45, 2.75) is 38.1 Å². The lowest BCUT2D eigenvalue weighted by Crippen LogP contribution is -2.51. The van der Waals surface area contributed by atoms with E-state index in [-0.39, 0.29) is 0 Å². The smallest absolute Gasteiger partial charge is 0.191 e. The van der Waals surface area contributed by atoms with E-state index in [9.17, 15) is 0 Å². The molecule has 0 spiro atoms. The third kappa shape index (κ3) is 5.89. The number of aromatic nitrogens is 2. The zero-order chi connectivity index (χ0) is 20.6. The molecular weight excluding hydrogens is 364 g/mol. The second kappa shape index (κ2) is 10.2. The fourth-order valence-corrected chi connectivity index (χ4v) is 3.80. The molecular formula is C22H34N6O. The average Bonchev–Trinajstić information content (AvgIpc) is 3.19. The molecule has 1 saturated heterocycles. The van der Waals surface area contributed by atoms with Gasteiger partial charge in [0.05, 0.1) is 19.0 Å². The van der Waals surface area contributed by atoms with E-state index in [0.717, 1.165) is 50.6 Å². The van der Waals surface area contributed by atoms with Crippen molar-refractivity contribution in [1.82, 2.24) is 20.4 Å². The van der Waals surface area contributed by atoms with E-state index in [1.165, 1.54) is 11.3 Å². The first-order valence-corrected chi connectivity index (χ1v) is 10.4. The van der Waals surface area contributed by atoms with Gasteiger partial charge in [0.25, 0.3) is 0 Å². The number of nitrogens with one attached hydrogen (secondary N) is 2. The highest BCUT2D eigenvalue weighted by Crippen LogP contribution is 2.21. The van der Waals surface area contributed by atoms with Crippen LogP contribution in [0.2, 0.25) is 0 Å². The largest absolute Gasteiger partial charge is 0.497 e. The van der Waals surface area contributed by atoms with Gasteiger partial charge in [-0.25, -0.2) is 0 Å². The second-order valence-corrected chi connectivity index (χ2v) is 7.76. The summed E-state index contributed by atoms with van der Waals surface area (Å²) >= 11 is 0. The van der Waals surface area contributed by atoms with Gasteiger partial charge < -0.3 is 20.3 Å². The van der Waals surface area contributed by atoms with Gasteiger partial charge in [-0.15, -0.1) is 0 Å². The van der Waals surface area contributed by atoms with Gasteiger partial charge in [0, 0.05) is 46.0 Å². The van der Waals surface area contributed by atoms with Gasteiger partial charge >= 0.3 is 0 Å². The molecule has 1 aliphatic rings. The van der Waals surface area contributed by atoms with Crippen molar-refractivity contribution in [2.24, 2.45) is 12.0 Å². The topological polar surface area (TPSA) is 66.7 Å². The molecule has 0 radical (unpaired) electrons. The Morgan fingerprint density at radius 2 is 2.14 bits per heavy atom. The van der Waals surface area contributed by atoms with E-state index in [1.54, 1.807) is 7.11 Å². The summed E-state index contributed by atoms with van der Waals surface area (Å²) in [7, 11) is 5.50. The molecule has 7 heteroatoms. The predicted molar refractivity (Wildman–Crippen MR) is 119 cm³/mol. The van der Waals surface area contributed by atoms with Crippen molar-refractivity contribution in [1.29, 1.82) is 0 Å². The van der Waals surface area contributed by atoms with Crippen molar-refractivity contribution in [3.05, 3.63) is 42.2 Å². The van der Waals surface area contributed by atoms with Gasteiger partial charge in [-0.2, -0.15) is 5.10 Å². The van der Waals surface area contributed by atoms with E-state index >= 15 is 0 Å². The summed E-state index contributed by atoms with van der Waals surface area (Å²) < 4.78 is 7.10. The molecule has 0 bridgehead atoms. The van der Waals surface area contributed by atoms with E-state index in [4.69, 9.17) is 4.74 Å². The molecule has 2 N–H and O–H groups in total. The Hall–Kier alpha value is -2.70. The second-order valence-electron chi connectivity index (χ2n) is 7.76. The third-order valence-corrected chi connectivity index (χ3v) is 5.60. The highest BCUT2D eigenvalue weighted by atomic mass is 16.5. The standard InChI is InChI=1S/C22H34N6O/c1-17(18-7-9-21(29-4)10-8-18)11-12-24-22(23-2)26-19-6-5-13-28(15-19)20-14-25-27(3)16-20/h7-10,14,16-17,19H,5-6,11-13,15H2,1-4H3,(H2,23,24,26). The molecule has 2 atom stereocenters. The summed E-state index contributed by atoms with van der Waals surface area (Å²) in [6, 6.07) is 8.72. The van der Waals surface area contributed by atoms with Crippen molar-refractivity contribution >= 4 is 11.6 Å². The highest BCUT2D eigenvalue weighted by Gasteiger charge is 2.21. The number of ether oxygens (including phenoxy) is 1. The van der Waals surface area contributed by atoms with Crippen molar-refractivity contribution in [3.8, 4) is 5.75 Å². The number of hydrogen-bond donors (Lipinski definition) is 2. The summed E-state index contributed by atoms with van der Waals surface area (Å²) in [4.78, 5) is 6.82. The van der Waals surface area contributed by atoms with Gasteiger partial charge in [0.2, 0.25) is 0 Å². The Kier molecular flexibility index (Phi) is 7.38. The molecule has 2 unspecified atom stereocenters. The van der Waals surface area contributed by atoms with Crippen LogP contribution in [0, 0.1) is 0 Å². The fourth-order valence-electron chi connectivity index (χ4n) is 3.80. The molecule has 1 aromatic heterocycles. The molecule has 0 amide bonds. The lowest BCUT2D eigenvalue weighted by atomic mass is 9.98. The summed E-state index contributed by atoms with van der Waals surface area (Å²) in [5.41, 5.74) is 2.52. The molecule has 1 aromatic carbocycles. The van der Waals surface area contributed by atoms with Crippen LogP contribution < -0.4 is 20.3 Å². The molecule has 2 aromatic rings. The number of guanidine groups is 1. The van der Waals surface area contributed by atoms with Crippen LogP contribution in [-0.2, 0) is 7.05 Å². The summed E-state index contributed by atoms with van der Waals surface area (Å²) in [5, 5.41) is 11.4. The van der Waals surface area contributed by atoms with Crippen molar-refractivity contribution in [2.75, 3.05) is 38.7 Å². The van der Waals surface area contributed by atoms with Gasteiger partial charge in [-0.1, -0.05) is 19.1 Å². The molecule has 0 saturated carbocycles. The highest BCUT2D eigenvalue weighted by molar-refractivity contribution is 5.80. The zero-order valence-electron chi connectivity index (χ0n) is 18.1. The van der Waals surface area contributed by atoms with Gasteiger partial charge in [-0.05, 0) is 42.9 Å². The number of anilines is 1. The molecule has 29 heavy (non-hydrogen) atoms. The molecule has 1 aliphatic heterocycles. The van der Waals surface area contributed by atoms with E-state index in [1.807, 2.05) is 37.1 Å². The minimum Gasteiger partial charge on any atom is -0.497 e. The predicted octanol–water partition coefficient (Wildman–Crippen LogP) is 2.76. The SMILES string of the molecule is CN=C(NCCC(C)c1ccc(OC)cc1)NC1CCCN(c2cnn(C)c2)C1. The van der Waals surface area contributed by atoms with Crippen LogP contribution in [0.1, 0.15) is 37.7 Å². The number of benzene rings is 1. The van der Waals surface area contributed by atoms with Gasteiger partial charge in [0.15, 0.2) is 5.96 Å². The molecule has 3 rings (SSSR count). The van der Waals surface area contributed by atoms with E-state index in [0.29, 0.717) is 12.0 Å². The zero-order valence-corrected chi connectivity index (χ0v) is 18.1.